The predicted octanol–water partition coefficient (Wildman–Crippen LogP) is 12.3. The van der Waals surface area contributed by atoms with E-state index in [9.17, 15) is 0 Å². The number of para-hydroxylation sites is 3. The fourth-order valence-electron chi connectivity index (χ4n) is 15.0. The van der Waals surface area contributed by atoms with Gasteiger partial charge in [0.2, 0.25) is 0 Å². The number of rotatable bonds is 2. The molecule has 7 aromatic carbocycles. The quantitative estimate of drug-likeness (QED) is 0.161. The zero-order valence-electron chi connectivity index (χ0n) is 37.5. The third kappa shape index (κ3) is 4.08. The standard InChI is InChI=1S/C59H54BN3/c1-55(2,3)39-33-45-54-47(34-39)60-46-26-18-23-42-41-22-11-14-27-48(41)61(53(42)46)50-35-40(36-51(52(50)60)63(54)57(5)30-16-17-31-59(45,57)38-20-8-7-9-21-38)62-49-28-15-13-25-44(49)56(4)32-29-37-19-10-12-24-43(37)58(56,62)6/h7-15,18-28,33-36H,16-17,29-32H2,1-6H3. The number of anilines is 4. The second kappa shape index (κ2) is 11.8. The highest BCUT2D eigenvalue weighted by molar-refractivity contribution is 7.00. The predicted molar refractivity (Wildman–Crippen MR) is 265 cm³/mol. The normalized spacial score (nSPS) is 25.7. The average molecular weight is 816 g/mol. The summed E-state index contributed by atoms with van der Waals surface area (Å²) in [4.78, 5) is 5.75. The monoisotopic (exact) mass is 815 g/mol. The second-order valence-electron chi connectivity index (χ2n) is 21.6. The van der Waals surface area contributed by atoms with Gasteiger partial charge in [0.15, 0.2) is 0 Å². The summed E-state index contributed by atoms with van der Waals surface area (Å²) in [5, 5.41) is 2.68. The summed E-state index contributed by atoms with van der Waals surface area (Å²) in [6.07, 6.45) is 6.93. The molecule has 0 bridgehead atoms. The Labute approximate surface area is 372 Å². The Morgan fingerprint density at radius 3 is 2.13 bits per heavy atom. The average Bonchev–Trinajstić information content (AvgIpc) is 3.85. The maximum absolute atomic E-state index is 2.95. The number of hydrogen-bond donors (Lipinski definition) is 0. The van der Waals surface area contributed by atoms with Crippen LogP contribution >= 0.6 is 0 Å². The number of aromatic nitrogens is 1. The van der Waals surface area contributed by atoms with E-state index in [0.29, 0.717) is 0 Å². The van der Waals surface area contributed by atoms with E-state index < -0.39 is 0 Å². The lowest BCUT2D eigenvalue weighted by Gasteiger charge is -2.54. The van der Waals surface area contributed by atoms with Crippen LogP contribution in [0.15, 0.2) is 146 Å². The molecule has 5 heterocycles. The first-order valence-electron chi connectivity index (χ1n) is 23.7. The summed E-state index contributed by atoms with van der Waals surface area (Å²) in [5.41, 5.74) is 22.0. The Hall–Kier alpha value is -6.00. The van der Waals surface area contributed by atoms with Gasteiger partial charge in [0.25, 0.3) is 6.71 Å². The van der Waals surface area contributed by atoms with E-state index in [1.165, 1.54) is 107 Å². The molecule has 6 aliphatic rings. The van der Waals surface area contributed by atoms with Crippen LogP contribution in [-0.4, -0.2) is 16.8 Å². The number of nitrogens with zero attached hydrogens (tertiary/aromatic N) is 3. The molecule has 3 nitrogen and oxygen atoms in total. The molecule has 0 amide bonds. The van der Waals surface area contributed by atoms with E-state index in [2.05, 4.69) is 202 Å². The molecule has 0 spiro atoms. The number of hydrogen-bond acceptors (Lipinski definition) is 2. The van der Waals surface area contributed by atoms with Crippen molar-refractivity contribution in [2.24, 2.45) is 0 Å². The van der Waals surface area contributed by atoms with E-state index in [0.717, 1.165) is 25.7 Å². The van der Waals surface area contributed by atoms with E-state index >= 15 is 0 Å². The minimum Gasteiger partial charge on any atom is -0.335 e. The zero-order valence-corrected chi connectivity index (χ0v) is 37.5. The van der Waals surface area contributed by atoms with Crippen molar-refractivity contribution in [2.45, 2.75) is 107 Å². The Morgan fingerprint density at radius 2 is 1.29 bits per heavy atom. The molecule has 0 N–H and O–H groups in total. The van der Waals surface area contributed by atoms with Crippen molar-refractivity contribution in [1.29, 1.82) is 0 Å². The minimum absolute atomic E-state index is 0.0219. The lowest BCUT2D eigenvalue weighted by molar-refractivity contribution is 0.215. The fraction of sp³-hybridized carbons (Fsp3) is 0.288. The smallest absolute Gasteiger partial charge is 0.252 e. The Morgan fingerprint density at radius 1 is 0.571 bits per heavy atom. The van der Waals surface area contributed by atoms with Crippen LogP contribution in [-0.2, 0) is 28.2 Å². The van der Waals surface area contributed by atoms with Crippen LogP contribution in [0.3, 0.4) is 0 Å². The van der Waals surface area contributed by atoms with Crippen molar-refractivity contribution in [1.82, 2.24) is 4.57 Å². The largest absolute Gasteiger partial charge is 0.335 e. The van der Waals surface area contributed by atoms with E-state index in [1.54, 1.807) is 5.56 Å². The van der Waals surface area contributed by atoms with Gasteiger partial charge in [-0.05, 0) is 119 Å². The topological polar surface area (TPSA) is 11.4 Å². The van der Waals surface area contributed by atoms with Crippen LogP contribution in [0.25, 0.3) is 27.5 Å². The Balaban J connectivity index is 1.17. The highest BCUT2D eigenvalue weighted by atomic mass is 15.3. The minimum atomic E-state index is -0.306. The van der Waals surface area contributed by atoms with Gasteiger partial charge < -0.3 is 14.4 Å². The SMILES string of the molecule is CC(C)(C)c1cc2c3c(c1)C1(c4ccccc4)CCCCC1(C)N3c1cc(N3c4ccccc4C4(C)CCc5ccccc5C34C)cc3c1B2c1cccc2c4ccccc4n-3c12. The first kappa shape index (κ1) is 36.5. The van der Waals surface area contributed by atoms with Gasteiger partial charge >= 0.3 is 0 Å². The molecular formula is C59H54BN3. The lowest BCUT2D eigenvalue weighted by atomic mass is 9.33. The zero-order chi connectivity index (χ0) is 42.4. The van der Waals surface area contributed by atoms with Crippen molar-refractivity contribution >= 4 is 67.7 Å². The third-order valence-corrected chi connectivity index (χ3v) is 18.0. The van der Waals surface area contributed by atoms with Gasteiger partial charge in [0.05, 0.1) is 16.6 Å². The van der Waals surface area contributed by atoms with Gasteiger partial charge in [-0.2, -0.15) is 0 Å². The molecule has 63 heavy (non-hydrogen) atoms. The second-order valence-corrected chi connectivity index (χ2v) is 21.6. The number of aryl methyl sites for hydroxylation is 1. The molecule has 14 rings (SSSR count). The van der Waals surface area contributed by atoms with E-state index in [1.807, 2.05) is 0 Å². The first-order valence-corrected chi connectivity index (χ1v) is 23.7. The van der Waals surface area contributed by atoms with Gasteiger partial charge in [-0.3, -0.25) is 0 Å². The van der Waals surface area contributed by atoms with Crippen molar-refractivity contribution in [3.05, 3.63) is 179 Å². The number of fused-ring (bicyclic) bond motifs is 15. The first-order chi connectivity index (χ1) is 30.5. The molecule has 2 aliphatic carbocycles. The molecule has 4 atom stereocenters. The van der Waals surface area contributed by atoms with E-state index in [-0.39, 0.29) is 34.0 Å². The molecule has 0 radical (unpaired) electrons. The summed E-state index contributed by atoms with van der Waals surface area (Å²) in [6.45, 7) is 15.1. The van der Waals surface area contributed by atoms with Crippen LogP contribution in [0.2, 0.25) is 0 Å². The molecule has 1 aromatic heterocycles. The van der Waals surface area contributed by atoms with Crippen LogP contribution in [0.5, 0.6) is 0 Å². The van der Waals surface area contributed by atoms with E-state index in [4.69, 9.17) is 0 Å². The highest BCUT2D eigenvalue weighted by Crippen LogP contribution is 2.67. The van der Waals surface area contributed by atoms with Crippen LogP contribution in [0.4, 0.5) is 22.7 Å². The van der Waals surface area contributed by atoms with Crippen LogP contribution in [0.1, 0.15) is 107 Å². The van der Waals surface area contributed by atoms with Gasteiger partial charge in [0.1, 0.15) is 0 Å². The molecular weight excluding hydrogens is 761 g/mol. The highest BCUT2D eigenvalue weighted by Gasteiger charge is 2.65. The van der Waals surface area contributed by atoms with Crippen molar-refractivity contribution < 1.29 is 0 Å². The maximum atomic E-state index is 2.95. The molecule has 4 unspecified atom stereocenters. The van der Waals surface area contributed by atoms with Crippen LogP contribution in [0, 0.1) is 0 Å². The number of benzene rings is 7. The summed E-state index contributed by atoms with van der Waals surface area (Å²) in [7, 11) is 0. The Bertz CT molecular complexity index is 3320. The van der Waals surface area contributed by atoms with Crippen molar-refractivity contribution in [3.63, 3.8) is 0 Å². The maximum Gasteiger partial charge on any atom is 0.252 e. The van der Waals surface area contributed by atoms with Crippen molar-refractivity contribution in [2.75, 3.05) is 9.80 Å². The molecule has 1 saturated carbocycles. The van der Waals surface area contributed by atoms with Gasteiger partial charge in [-0.25, -0.2) is 0 Å². The molecule has 308 valence electrons. The third-order valence-electron chi connectivity index (χ3n) is 18.0. The van der Waals surface area contributed by atoms with Crippen molar-refractivity contribution in [3.8, 4) is 5.69 Å². The summed E-state index contributed by atoms with van der Waals surface area (Å²) < 4.78 is 2.68. The van der Waals surface area contributed by atoms with Gasteiger partial charge in [-0.15, -0.1) is 0 Å². The summed E-state index contributed by atoms with van der Waals surface area (Å²) in [5.74, 6) is 0. The summed E-state index contributed by atoms with van der Waals surface area (Å²) >= 11 is 0. The van der Waals surface area contributed by atoms with Gasteiger partial charge in [-0.1, -0.05) is 162 Å². The van der Waals surface area contributed by atoms with Crippen LogP contribution < -0.4 is 26.2 Å². The van der Waals surface area contributed by atoms with Gasteiger partial charge in [0, 0.05) is 55.6 Å². The fourth-order valence-corrected chi connectivity index (χ4v) is 15.0. The molecule has 0 saturated heterocycles. The molecule has 8 aromatic rings. The molecule has 4 aliphatic heterocycles. The molecule has 1 fully saturated rings. The summed E-state index contributed by atoms with van der Waals surface area (Å²) in [6, 6.07) is 57.4. The molecule has 4 heteroatoms. The lowest BCUT2D eigenvalue weighted by Crippen LogP contribution is -2.64. The Kier molecular flexibility index (Phi) is 6.81.